The van der Waals surface area contributed by atoms with Crippen LogP contribution in [0.5, 0.6) is 0 Å². The summed E-state index contributed by atoms with van der Waals surface area (Å²) < 4.78 is 84.5. The highest BCUT2D eigenvalue weighted by molar-refractivity contribution is 7.91. The van der Waals surface area contributed by atoms with Gasteiger partial charge >= 0.3 is 5.97 Å². The van der Waals surface area contributed by atoms with E-state index < -0.39 is 137 Å². The summed E-state index contributed by atoms with van der Waals surface area (Å²) in [6, 6.07) is 5.53. The summed E-state index contributed by atoms with van der Waals surface area (Å²) in [7, 11) is 3.61. The van der Waals surface area contributed by atoms with Crippen LogP contribution in [0.4, 0.5) is 4.39 Å². The van der Waals surface area contributed by atoms with Crippen LogP contribution in [0.2, 0.25) is 0 Å². The molecule has 4 aliphatic heterocycles. The van der Waals surface area contributed by atoms with Crippen LogP contribution in [0.3, 0.4) is 0 Å². The van der Waals surface area contributed by atoms with Crippen molar-refractivity contribution in [3.05, 3.63) is 53.4 Å². The lowest BCUT2D eigenvalue weighted by molar-refractivity contribution is -0.318. The van der Waals surface area contributed by atoms with Gasteiger partial charge in [0.05, 0.1) is 58.7 Å². The third-order valence-electron chi connectivity index (χ3n) is 17.4. The number of alkyl halides is 1. The van der Waals surface area contributed by atoms with Crippen LogP contribution in [0, 0.1) is 17.8 Å². The molecule has 0 bridgehead atoms. The molecule has 3 fully saturated rings. The number of hydrogen-bond acceptors (Lipinski definition) is 19. The zero-order valence-corrected chi connectivity index (χ0v) is 49.2. The van der Waals surface area contributed by atoms with Gasteiger partial charge < -0.3 is 68.5 Å². The topological polar surface area (TPSA) is 254 Å². The van der Waals surface area contributed by atoms with E-state index in [0.29, 0.717) is 38.0 Å². The summed E-state index contributed by atoms with van der Waals surface area (Å²) in [4.78, 5) is 18.4. The molecule has 1 aromatic heterocycles. The van der Waals surface area contributed by atoms with Gasteiger partial charge in [-0.1, -0.05) is 56.3 Å². The normalized spacial score (nSPS) is 39.6. The van der Waals surface area contributed by atoms with Gasteiger partial charge in [0.25, 0.3) is 0 Å². The predicted octanol–water partition coefficient (Wildman–Crippen LogP) is 4.21. The number of nitrogens with zero attached hydrogens (tertiary/aromatic N) is 5. The number of carbonyl (C=O) groups excluding carboxylic acids is 1. The van der Waals surface area contributed by atoms with Crippen molar-refractivity contribution in [2.24, 2.45) is 17.8 Å². The predicted molar refractivity (Wildman–Crippen MR) is 289 cm³/mol. The monoisotopic (exact) mass is 1130 g/mol. The highest BCUT2D eigenvalue weighted by Crippen LogP contribution is 2.41. The van der Waals surface area contributed by atoms with Crippen LogP contribution in [-0.4, -0.2) is 215 Å². The molecular weight excluding hydrogens is 1030 g/mol. The fourth-order valence-corrected chi connectivity index (χ4v) is 13.5. The van der Waals surface area contributed by atoms with Gasteiger partial charge in [0.15, 0.2) is 22.4 Å². The second kappa shape index (κ2) is 26.4. The standard InChI is InChI=1S/C56H92FN5O15S/c1-15-44-56(10,68)49(64)36(6)61(12)30-32(2)27-54(8,67)51(34(4)47(35(5)52(66)75-44)76-45-28-55(9,72-14)50(65)37(7)74-45)77-53-46(63)42(26-33(3)73-53)60(11)23-20-41-31-62(59-58-41)43(29-57)48(71-13)40-18-16-38(17-19-40)39-21-24-78(69,70)25-22-39/h16-19,21,31-37,42-51,53,63-65,67-68H,15,20,22-30H2,1-14H3/t32-,33-,34+,35-,36-,37+,42+,43-,44-,45+,46-,47+,48-,49-,50+,51-,53+,54-,55-,56-/m1/s1. The Balaban J connectivity index is 1.24. The Hall–Kier alpha value is -3.07. The van der Waals surface area contributed by atoms with E-state index in [1.807, 2.05) is 62.0 Å². The van der Waals surface area contributed by atoms with Crippen molar-refractivity contribution in [3.8, 4) is 0 Å². The molecule has 6 rings (SSSR count). The van der Waals surface area contributed by atoms with Crippen molar-refractivity contribution in [1.82, 2.24) is 24.8 Å². The van der Waals surface area contributed by atoms with E-state index in [1.165, 1.54) is 25.8 Å². The largest absolute Gasteiger partial charge is 0.459 e. The van der Waals surface area contributed by atoms with Crippen molar-refractivity contribution in [3.63, 3.8) is 0 Å². The Morgan fingerprint density at radius 3 is 2.26 bits per heavy atom. The number of aliphatic hydroxyl groups excluding tert-OH is 3. The van der Waals surface area contributed by atoms with E-state index in [2.05, 4.69) is 10.3 Å². The fraction of sp³-hybridized carbons (Fsp3) is 0.804. The lowest BCUT2D eigenvalue weighted by atomic mass is 9.77. The highest BCUT2D eigenvalue weighted by atomic mass is 32.2. The smallest absolute Gasteiger partial charge is 0.311 e. The number of ether oxygens (including phenoxy) is 7. The van der Waals surface area contributed by atoms with E-state index in [1.54, 1.807) is 60.7 Å². The second-order valence-electron chi connectivity index (χ2n) is 23.7. The number of likely N-dealkylation sites (N-methyl/N-ethyl adjacent to an activating group) is 2. The highest BCUT2D eigenvalue weighted by Gasteiger charge is 2.53. The SMILES string of the molecule is CC[C@H]1OC(=O)[C@H](C)[C@@H](O[C@H]2C[C@@](C)(OC)[C@@H](O)[C@H](C)O2)[C@H](C)[C@@H](O[C@@H]2O[C@H](C)C[C@H](N(C)CCc3cn([C@H](CF)[C@H](OC)c4ccc(C5=CCS(=O)(=O)CC5)cc4)nn3)[C@H]2O)[C@](C)(O)C[C@@H](C)CN(C)[C@H](C)[C@@H](O)[C@]1(C)O. The number of halogens is 1. The Labute approximate surface area is 461 Å². The molecule has 3 saturated heterocycles. The van der Waals surface area contributed by atoms with Gasteiger partial charge in [0.1, 0.15) is 48.8 Å². The molecule has 20 nitrogen and oxygen atoms in total. The van der Waals surface area contributed by atoms with Gasteiger partial charge in [-0.15, -0.1) is 5.10 Å². The number of esters is 1. The van der Waals surface area contributed by atoms with E-state index in [0.717, 1.165) is 16.7 Å². The third kappa shape index (κ3) is 14.8. The van der Waals surface area contributed by atoms with Crippen LogP contribution in [0.15, 0.2) is 36.5 Å². The van der Waals surface area contributed by atoms with Gasteiger partial charge in [-0.3, -0.25) is 4.79 Å². The number of allylic oxidation sites excluding steroid dienone is 1. The first-order valence-corrected chi connectivity index (χ1v) is 29.6. The summed E-state index contributed by atoms with van der Waals surface area (Å²) in [5, 5.41) is 68.6. The first kappa shape index (κ1) is 64.1. The lowest BCUT2D eigenvalue weighted by Gasteiger charge is -2.49. The number of cyclic esters (lactones) is 1. The maximum absolute atomic E-state index is 15.0. The third-order valence-corrected chi connectivity index (χ3v) is 18.9. The van der Waals surface area contributed by atoms with Crippen molar-refractivity contribution in [2.75, 3.05) is 59.6 Å². The summed E-state index contributed by atoms with van der Waals surface area (Å²) in [5.41, 5.74) is -1.48. The molecule has 22 heteroatoms. The van der Waals surface area contributed by atoms with Crippen molar-refractivity contribution in [2.45, 2.75) is 210 Å². The molecule has 0 unspecified atom stereocenters. The van der Waals surface area contributed by atoms with Crippen LogP contribution in [0.25, 0.3) is 5.57 Å². The van der Waals surface area contributed by atoms with Crippen molar-refractivity contribution in [1.29, 1.82) is 0 Å². The van der Waals surface area contributed by atoms with Gasteiger partial charge in [-0.2, -0.15) is 0 Å². The number of aromatic nitrogens is 3. The molecule has 4 aliphatic rings. The second-order valence-corrected chi connectivity index (χ2v) is 25.9. The first-order chi connectivity index (χ1) is 36.5. The number of carbonyl (C=O) groups is 1. The molecule has 5 heterocycles. The molecule has 0 aliphatic carbocycles. The van der Waals surface area contributed by atoms with Crippen LogP contribution in [-0.2, 0) is 54.2 Å². The maximum Gasteiger partial charge on any atom is 0.311 e. The minimum absolute atomic E-state index is 0.00506. The van der Waals surface area contributed by atoms with E-state index >= 15 is 0 Å². The van der Waals surface area contributed by atoms with Crippen LogP contribution in [0.1, 0.15) is 130 Å². The van der Waals surface area contributed by atoms with Gasteiger partial charge in [0, 0.05) is 64.3 Å². The quantitative estimate of drug-likeness (QED) is 0.148. The number of rotatable bonds is 16. The maximum atomic E-state index is 15.0. The van der Waals surface area contributed by atoms with E-state index in [4.69, 9.17) is 33.2 Å². The lowest BCUT2D eigenvalue weighted by Crippen LogP contribution is -2.61. The Bertz CT molecular complexity index is 2400. The zero-order chi connectivity index (χ0) is 57.8. The summed E-state index contributed by atoms with van der Waals surface area (Å²) in [6.45, 7) is 17.3. The molecule has 0 saturated carbocycles. The molecule has 0 amide bonds. The van der Waals surface area contributed by atoms with Crippen LogP contribution >= 0.6 is 0 Å². The molecule has 0 spiro atoms. The minimum atomic E-state index is -3.08. The molecule has 5 N–H and O–H groups in total. The van der Waals surface area contributed by atoms with Gasteiger partial charge in [-0.05, 0) is 111 Å². The number of sulfone groups is 1. The summed E-state index contributed by atoms with van der Waals surface area (Å²) >= 11 is 0. The van der Waals surface area contributed by atoms with Crippen molar-refractivity contribution < 1.29 is 76.3 Å². The Morgan fingerprint density at radius 1 is 0.974 bits per heavy atom. The number of hydrogen-bond donors (Lipinski definition) is 5. The van der Waals surface area contributed by atoms with Crippen LogP contribution < -0.4 is 0 Å². The summed E-state index contributed by atoms with van der Waals surface area (Å²) in [6.07, 6.45) is -6.11. The number of aliphatic hydroxyl groups is 5. The molecule has 2 aromatic rings. The summed E-state index contributed by atoms with van der Waals surface area (Å²) in [5.74, 6) is -2.82. The first-order valence-electron chi connectivity index (χ1n) is 27.8. The average Bonchev–Trinajstić information content (AvgIpc) is 3.92. The van der Waals surface area contributed by atoms with Gasteiger partial charge in [-0.25, -0.2) is 17.5 Å². The minimum Gasteiger partial charge on any atom is -0.459 e. The van der Waals surface area contributed by atoms with E-state index in [9.17, 15) is 43.1 Å². The molecule has 78 heavy (non-hydrogen) atoms. The van der Waals surface area contributed by atoms with E-state index in [-0.39, 0.29) is 36.7 Å². The van der Waals surface area contributed by atoms with Crippen molar-refractivity contribution >= 4 is 21.4 Å². The van der Waals surface area contributed by atoms with Gasteiger partial charge in [0.2, 0.25) is 0 Å². The molecule has 1 aromatic carbocycles. The molecule has 444 valence electrons. The molecule has 0 radical (unpaired) electrons. The zero-order valence-electron chi connectivity index (χ0n) is 48.4. The number of benzene rings is 1. The average molecular weight is 1130 g/mol. The molecule has 20 atom stereocenters. The fourth-order valence-electron chi connectivity index (χ4n) is 12.3. The Kier molecular flexibility index (Phi) is 21.7. The number of methoxy groups -OCH3 is 2. The Morgan fingerprint density at radius 2 is 1.65 bits per heavy atom. The molecular formula is C56H92FN5O15S.